The topological polar surface area (TPSA) is 137 Å². The fourth-order valence-electron chi connectivity index (χ4n) is 2.30. The van der Waals surface area contributed by atoms with Gasteiger partial charge in [0.25, 0.3) is 0 Å². The molecule has 0 aliphatic carbocycles. The molecule has 2 rings (SSSR count). The highest BCUT2D eigenvalue weighted by molar-refractivity contribution is 5.72. The van der Waals surface area contributed by atoms with Crippen molar-refractivity contribution in [2.45, 2.75) is 6.92 Å². The first-order chi connectivity index (χ1) is 14.1. The Kier molecular flexibility index (Phi) is 9.69. The molecular formula is C18H26N4O7. The number of rotatable bonds is 14. The minimum absolute atomic E-state index is 0.0758. The summed E-state index contributed by atoms with van der Waals surface area (Å²) >= 11 is 0. The van der Waals surface area contributed by atoms with Crippen LogP contribution in [0.1, 0.15) is 6.92 Å². The third-order valence-corrected chi connectivity index (χ3v) is 3.64. The fraction of sp³-hybridized carbons (Fsp3) is 0.500. The molecule has 0 saturated carbocycles. The number of hydrogen-bond donors (Lipinski definition) is 3. The second-order valence-electron chi connectivity index (χ2n) is 5.86. The molecule has 0 atom stereocenters. The highest BCUT2D eigenvalue weighted by Gasteiger charge is 2.05. The first-order valence-electron chi connectivity index (χ1n) is 9.18. The van der Waals surface area contributed by atoms with Crippen molar-refractivity contribution in [2.24, 2.45) is 0 Å². The Labute approximate surface area is 166 Å². The van der Waals surface area contributed by atoms with Crippen LogP contribution >= 0.6 is 0 Å². The monoisotopic (exact) mass is 410 g/mol. The summed E-state index contributed by atoms with van der Waals surface area (Å²) in [4.78, 5) is 33.7. The maximum absolute atomic E-state index is 11.5. The highest BCUT2D eigenvalue weighted by atomic mass is 16.6. The van der Waals surface area contributed by atoms with Crippen molar-refractivity contribution in [1.82, 2.24) is 20.1 Å². The molecule has 29 heavy (non-hydrogen) atoms. The summed E-state index contributed by atoms with van der Waals surface area (Å²) in [5.74, 6) is 0.526. The van der Waals surface area contributed by atoms with Gasteiger partial charge >= 0.3 is 11.4 Å². The van der Waals surface area contributed by atoms with Gasteiger partial charge in [-0.25, -0.2) is 24.4 Å². The van der Waals surface area contributed by atoms with Gasteiger partial charge in [-0.05, 0) is 24.3 Å². The van der Waals surface area contributed by atoms with Crippen molar-refractivity contribution in [3.8, 4) is 11.4 Å². The molecule has 1 aromatic heterocycles. The second kappa shape index (κ2) is 12.5. The van der Waals surface area contributed by atoms with Crippen LogP contribution in [0.25, 0.3) is 5.69 Å². The molecule has 11 heteroatoms. The molecule has 1 heterocycles. The number of aromatic nitrogens is 3. The van der Waals surface area contributed by atoms with Crippen LogP contribution in [0, 0.1) is 0 Å². The van der Waals surface area contributed by atoms with E-state index >= 15 is 0 Å². The Bertz CT molecular complexity index is 813. The Morgan fingerprint density at radius 2 is 1.38 bits per heavy atom. The van der Waals surface area contributed by atoms with Crippen molar-refractivity contribution in [3.63, 3.8) is 0 Å². The van der Waals surface area contributed by atoms with Gasteiger partial charge in [-0.15, -0.1) is 0 Å². The van der Waals surface area contributed by atoms with Crippen LogP contribution in [-0.4, -0.2) is 73.5 Å². The fourth-order valence-corrected chi connectivity index (χ4v) is 2.30. The van der Waals surface area contributed by atoms with Gasteiger partial charge in [0.15, 0.2) is 0 Å². The largest absolute Gasteiger partial charge is 0.491 e. The lowest BCUT2D eigenvalue weighted by atomic mass is 10.3. The molecule has 0 aliphatic heterocycles. The molecule has 0 spiro atoms. The Balaban J connectivity index is 1.48. The number of nitrogens with zero attached hydrogens (tertiary/aromatic N) is 1. The standard InChI is InChI=1S/C18H26N4O7/c1-14(23)19-6-7-26-8-9-27-10-11-28-12-13-29-16-4-2-15(3-5-16)22-17(24)20-21-18(22)25/h2-5H,6-13H2,1H3,(H,19,23)(H,20,24)(H,21,25). The number of H-pyrrole nitrogens is 2. The normalized spacial score (nSPS) is 10.8. The minimum Gasteiger partial charge on any atom is -0.491 e. The number of benzene rings is 1. The average Bonchev–Trinajstić information content (AvgIpc) is 3.04. The number of ether oxygens (including phenoxy) is 4. The summed E-state index contributed by atoms with van der Waals surface area (Å²) in [5.41, 5.74) is -0.621. The van der Waals surface area contributed by atoms with Crippen molar-refractivity contribution in [3.05, 3.63) is 45.2 Å². The van der Waals surface area contributed by atoms with Crippen molar-refractivity contribution in [2.75, 3.05) is 52.8 Å². The summed E-state index contributed by atoms with van der Waals surface area (Å²) in [7, 11) is 0. The molecule has 0 unspecified atom stereocenters. The minimum atomic E-state index is -0.532. The van der Waals surface area contributed by atoms with Crippen LogP contribution in [0.2, 0.25) is 0 Å². The second-order valence-corrected chi connectivity index (χ2v) is 5.86. The predicted octanol–water partition coefficient (Wildman–Crippen LogP) is -0.581. The molecule has 160 valence electrons. The van der Waals surface area contributed by atoms with Crippen LogP contribution in [-0.2, 0) is 19.0 Å². The molecular weight excluding hydrogens is 384 g/mol. The highest BCUT2D eigenvalue weighted by Crippen LogP contribution is 2.13. The van der Waals surface area contributed by atoms with Crippen LogP contribution < -0.4 is 21.4 Å². The van der Waals surface area contributed by atoms with Gasteiger partial charge < -0.3 is 24.3 Å². The number of aromatic amines is 2. The summed E-state index contributed by atoms with van der Waals surface area (Å²) < 4.78 is 22.6. The average molecular weight is 410 g/mol. The molecule has 0 aliphatic rings. The summed E-state index contributed by atoms with van der Waals surface area (Å²) in [6, 6.07) is 6.58. The van der Waals surface area contributed by atoms with Gasteiger partial charge in [-0.3, -0.25) is 4.79 Å². The SMILES string of the molecule is CC(=O)NCCOCCOCCOCCOc1ccc(-n2c(=O)[nH][nH]c2=O)cc1. The molecule has 2 aromatic rings. The Hall–Kier alpha value is -2.89. The smallest absolute Gasteiger partial charge is 0.348 e. The quantitative estimate of drug-likeness (QED) is 0.354. The van der Waals surface area contributed by atoms with Crippen LogP contribution in [0.5, 0.6) is 5.75 Å². The number of carbonyl (C=O) groups excluding carboxylic acids is 1. The van der Waals surface area contributed by atoms with Gasteiger partial charge in [0.05, 0.1) is 45.3 Å². The number of amides is 1. The van der Waals surface area contributed by atoms with Crippen LogP contribution in [0.15, 0.2) is 33.9 Å². The van der Waals surface area contributed by atoms with Crippen molar-refractivity contribution in [1.29, 1.82) is 0 Å². The molecule has 1 aromatic carbocycles. The van der Waals surface area contributed by atoms with Crippen molar-refractivity contribution < 1.29 is 23.7 Å². The molecule has 0 fully saturated rings. The van der Waals surface area contributed by atoms with Gasteiger partial charge in [0.2, 0.25) is 5.91 Å². The lowest BCUT2D eigenvalue weighted by Crippen LogP contribution is -2.25. The van der Waals surface area contributed by atoms with Crippen LogP contribution in [0.3, 0.4) is 0 Å². The maximum Gasteiger partial charge on any atom is 0.348 e. The zero-order chi connectivity index (χ0) is 20.9. The third kappa shape index (κ3) is 8.34. The summed E-state index contributed by atoms with van der Waals surface area (Å²) in [6.45, 7) is 4.96. The van der Waals surface area contributed by atoms with E-state index < -0.39 is 11.4 Å². The first kappa shape index (κ1) is 22.4. The summed E-state index contributed by atoms with van der Waals surface area (Å²) in [5, 5.41) is 7.08. The van der Waals surface area contributed by atoms with E-state index in [0.717, 1.165) is 4.57 Å². The maximum atomic E-state index is 11.5. The molecule has 0 saturated heterocycles. The number of carbonyl (C=O) groups is 1. The summed E-state index contributed by atoms with van der Waals surface area (Å²) in [6.07, 6.45) is 0. The zero-order valence-corrected chi connectivity index (χ0v) is 16.3. The molecule has 0 bridgehead atoms. The van der Waals surface area contributed by atoms with E-state index in [2.05, 4.69) is 15.5 Å². The molecule has 11 nitrogen and oxygen atoms in total. The molecule has 1 amide bonds. The van der Waals surface area contributed by atoms with E-state index in [-0.39, 0.29) is 5.91 Å². The van der Waals surface area contributed by atoms with Crippen LogP contribution in [0.4, 0.5) is 0 Å². The third-order valence-electron chi connectivity index (χ3n) is 3.64. The molecule has 0 radical (unpaired) electrons. The van der Waals surface area contributed by atoms with E-state index in [4.69, 9.17) is 18.9 Å². The molecule has 3 N–H and O–H groups in total. The number of nitrogens with one attached hydrogen (secondary N) is 3. The van der Waals surface area contributed by atoms with E-state index in [1.165, 1.54) is 6.92 Å². The lowest BCUT2D eigenvalue weighted by molar-refractivity contribution is -0.119. The first-order valence-corrected chi connectivity index (χ1v) is 9.18. The Morgan fingerprint density at radius 3 is 1.93 bits per heavy atom. The van der Waals surface area contributed by atoms with Gasteiger partial charge in [0.1, 0.15) is 12.4 Å². The number of hydrogen-bond acceptors (Lipinski definition) is 7. The van der Waals surface area contributed by atoms with E-state index in [1.807, 2.05) is 0 Å². The van der Waals surface area contributed by atoms with E-state index in [9.17, 15) is 14.4 Å². The van der Waals surface area contributed by atoms with Gasteiger partial charge in [-0.2, -0.15) is 0 Å². The van der Waals surface area contributed by atoms with Gasteiger partial charge in [0, 0.05) is 13.5 Å². The van der Waals surface area contributed by atoms with Gasteiger partial charge in [-0.1, -0.05) is 0 Å². The van der Waals surface area contributed by atoms with Crippen molar-refractivity contribution >= 4 is 5.91 Å². The predicted molar refractivity (Wildman–Crippen MR) is 104 cm³/mol. The Morgan fingerprint density at radius 1 is 0.862 bits per heavy atom. The lowest BCUT2D eigenvalue weighted by Gasteiger charge is -2.09. The van der Waals surface area contributed by atoms with E-state index in [0.29, 0.717) is 64.2 Å². The van der Waals surface area contributed by atoms with E-state index in [1.54, 1.807) is 24.3 Å². The zero-order valence-electron chi connectivity index (χ0n) is 16.3.